The lowest BCUT2D eigenvalue weighted by molar-refractivity contribution is 0.0232. The first-order valence-electron chi connectivity index (χ1n) is 5.01. The average molecular weight is 204 g/mol. The van der Waals surface area contributed by atoms with Gasteiger partial charge in [-0.15, -0.1) is 0 Å². The Hall–Kier alpha value is -1.39. The predicted octanol–water partition coefficient (Wildman–Crippen LogP) is 0.942. The first kappa shape index (κ1) is 8.88. The molecular weight excluding hydrogens is 192 g/mol. The van der Waals surface area contributed by atoms with Gasteiger partial charge in [-0.1, -0.05) is 0 Å². The van der Waals surface area contributed by atoms with Crippen molar-refractivity contribution >= 4 is 5.65 Å². The lowest BCUT2D eigenvalue weighted by Gasteiger charge is -2.20. The Kier molecular flexibility index (Phi) is 1.81. The van der Waals surface area contributed by atoms with E-state index in [-0.39, 0.29) is 0 Å². The van der Waals surface area contributed by atoms with Crippen molar-refractivity contribution in [3.63, 3.8) is 0 Å². The van der Waals surface area contributed by atoms with E-state index in [2.05, 4.69) is 4.98 Å². The Morgan fingerprint density at radius 3 is 3.20 bits per heavy atom. The molecule has 1 atom stereocenters. The number of fused-ring (bicyclic) bond motifs is 1. The number of pyridine rings is 1. The summed E-state index contributed by atoms with van der Waals surface area (Å²) in [4.78, 5) is 4.19. The van der Waals surface area contributed by atoms with Gasteiger partial charge in [-0.2, -0.15) is 0 Å². The zero-order chi connectivity index (χ0) is 10.3. The molecule has 0 radical (unpaired) electrons. The number of ether oxygens (including phenoxy) is 1. The van der Waals surface area contributed by atoms with Crippen LogP contribution in [0.15, 0.2) is 30.7 Å². The van der Waals surface area contributed by atoms with Crippen LogP contribution in [0.2, 0.25) is 0 Å². The van der Waals surface area contributed by atoms with Crippen LogP contribution in [0.3, 0.4) is 0 Å². The summed E-state index contributed by atoms with van der Waals surface area (Å²) < 4.78 is 7.15. The van der Waals surface area contributed by atoms with Gasteiger partial charge in [0.1, 0.15) is 11.2 Å². The number of aromatic nitrogens is 2. The van der Waals surface area contributed by atoms with E-state index in [4.69, 9.17) is 4.74 Å². The van der Waals surface area contributed by atoms with Crippen LogP contribution in [-0.2, 0) is 10.3 Å². The van der Waals surface area contributed by atoms with Gasteiger partial charge < -0.3 is 14.2 Å². The molecule has 1 unspecified atom stereocenters. The van der Waals surface area contributed by atoms with Crippen molar-refractivity contribution in [2.75, 3.05) is 13.2 Å². The van der Waals surface area contributed by atoms with Crippen LogP contribution >= 0.6 is 0 Å². The largest absolute Gasteiger partial charge is 0.383 e. The number of imidazole rings is 1. The minimum absolute atomic E-state index is 0.379. The Bertz CT molecular complexity index is 486. The molecule has 1 N–H and O–H groups in total. The van der Waals surface area contributed by atoms with Crippen molar-refractivity contribution in [2.24, 2.45) is 0 Å². The van der Waals surface area contributed by atoms with Crippen LogP contribution < -0.4 is 0 Å². The first-order chi connectivity index (χ1) is 7.28. The molecule has 1 fully saturated rings. The minimum atomic E-state index is -0.826. The minimum Gasteiger partial charge on any atom is -0.383 e. The Balaban J connectivity index is 2.10. The fourth-order valence-electron chi connectivity index (χ4n) is 1.98. The second-order valence-electron chi connectivity index (χ2n) is 3.94. The summed E-state index contributed by atoms with van der Waals surface area (Å²) in [5.74, 6) is 0. The zero-order valence-electron chi connectivity index (χ0n) is 8.26. The van der Waals surface area contributed by atoms with Gasteiger partial charge in [0.25, 0.3) is 0 Å². The van der Waals surface area contributed by atoms with Gasteiger partial charge in [-0.25, -0.2) is 4.98 Å². The molecule has 15 heavy (non-hydrogen) atoms. The van der Waals surface area contributed by atoms with Crippen LogP contribution in [0.1, 0.15) is 12.0 Å². The highest BCUT2D eigenvalue weighted by Gasteiger charge is 2.34. The summed E-state index contributed by atoms with van der Waals surface area (Å²) in [7, 11) is 0. The van der Waals surface area contributed by atoms with Gasteiger partial charge in [0.05, 0.1) is 6.61 Å². The second kappa shape index (κ2) is 3.05. The van der Waals surface area contributed by atoms with Crippen LogP contribution in [0.5, 0.6) is 0 Å². The van der Waals surface area contributed by atoms with Gasteiger partial charge >= 0.3 is 0 Å². The lowest BCUT2D eigenvalue weighted by atomic mass is 9.94. The molecule has 2 aromatic rings. The van der Waals surface area contributed by atoms with Crippen molar-refractivity contribution in [3.05, 3.63) is 36.3 Å². The highest BCUT2D eigenvalue weighted by atomic mass is 16.5. The maximum atomic E-state index is 10.3. The summed E-state index contributed by atoms with van der Waals surface area (Å²) in [5, 5.41) is 10.3. The number of hydrogen-bond donors (Lipinski definition) is 1. The number of nitrogens with zero attached hydrogens (tertiary/aromatic N) is 2. The number of aliphatic hydroxyl groups is 1. The average Bonchev–Trinajstić information content (AvgIpc) is 2.85. The standard InChI is InChI=1S/C11H12N2O2/c14-11(2-6-15-8-11)9-1-4-13-5-3-12-10(13)7-9/h1,3-5,7,14H,2,6,8H2. The molecule has 3 heterocycles. The maximum absolute atomic E-state index is 10.3. The molecule has 1 aliphatic heterocycles. The molecule has 1 saturated heterocycles. The molecule has 78 valence electrons. The van der Waals surface area contributed by atoms with E-state index >= 15 is 0 Å². The Morgan fingerprint density at radius 1 is 1.47 bits per heavy atom. The maximum Gasteiger partial charge on any atom is 0.137 e. The van der Waals surface area contributed by atoms with Gasteiger partial charge in [0.15, 0.2) is 0 Å². The topological polar surface area (TPSA) is 46.8 Å². The monoisotopic (exact) mass is 204 g/mol. The summed E-state index contributed by atoms with van der Waals surface area (Å²) in [6, 6.07) is 3.83. The molecule has 3 rings (SSSR count). The van der Waals surface area contributed by atoms with Crippen molar-refractivity contribution in [1.29, 1.82) is 0 Å². The Morgan fingerprint density at radius 2 is 2.40 bits per heavy atom. The number of rotatable bonds is 1. The molecule has 0 bridgehead atoms. The van der Waals surface area contributed by atoms with Gasteiger partial charge in [-0.3, -0.25) is 0 Å². The SMILES string of the molecule is OC1(c2ccn3ccnc3c2)CCOC1. The van der Waals surface area contributed by atoms with E-state index in [1.165, 1.54) is 0 Å². The molecule has 0 aliphatic carbocycles. The van der Waals surface area contributed by atoms with Crippen LogP contribution in [-0.4, -0.2) is 27.7 Å². The molecule has 4 heteroatoms. The summed E-state index contributed by atoms with van der Waals surface area (Å²) in [5.41, 5.74) is 0.916. The molecule has 4 nitrogen and oxygen atoms in total. The summed E-state index contributed by atoms with van der Waals surface area (Å²) >= 11 is 0. The van der Waals surface area contributed by atoms with Gasteiger partial charge in [0.2, 0.25) is 0 Å². The molecule has 2 aromatic heterocycles. The van der Waals surface area contributed by atoms with E-state index in [1.54, 1.807) is 6.20 Å². The quantitative estimate of drug-likeness (QED) is 0.752. The van der Waals surface area contributed by atoms with Gasteiger partial charge in [-0.05, 0) is 17.7 Å². The van der Waals surface area contributed by atoms with Crippen molar-refractivity contribution < 1.29 is 9.84 Å². The molecule has 0 spiro atoms. The second-order valence-corrected chi connectivity index (χ2v) is 3.94. The van der Waals surface area contributed by atoms with Gasteiger partial charge in [0, 0.05) is 31.6 Å². The molecule has 0 amide bonds. The predicted molar refractivity (Wildman–Crippen MR) is 54.5 cm³/mol. The third-order valence-electron chi connectivity index (χ3n) is 2.94. The van der Waals surface area contributed by atoms with E-state index in [9.17, 15) is 5.11 Å². The van der Waals surface area contributed by atoms with E-state index < -0.39 is 5.60 Å². The first-order valence-corrected chi connectivity index (χ1v) is 5.01. The van der Waals surface area contributed by atoms with Crippen molar-refractivity contribution in [2.45, 2.75) is 12.0 Å². The molecule has 0 saturated carbocycles. The summed E-state index contributed by atoms with van der Waals surface area (Å²) in [6.07, 6.45) is 6.19. The molecule has 0 aromatic carbocycles. The highest BCUT2D eigenvalue weighted by molar-refractivity contribution is 5.43. The molecule has 1 aliphatic rings. The number of hydrogen-bond acceptors (Lipinski definition) is 3. The third kappa shape index (κ3) is 1.33. The van der Waals surface area contributed by atoms with E-state index in [0.717, 1.165) is 11.2 Å². The fourth-order valence-corrected chi connectivity index (χ4v) is 1.98. The van der Waals surface area contributed by atoms with Crippen LogP contribution in [0.4, 0.5) is 0 Å². The lowest BCUT2D eigenvalue weighted by Crippen LogP contribution is -2.25. The normalized spacial score (nSPS) is 26.2. The van der Waals surface area contributed by atoms with Crippen molar-refractivity contribution in [1.82, 2.24) is 9.38 Å². The fraction of sp³-hybridized carbons (Fsp3) is 0.364. The van der Waals surface area contributed by atoms with Crippen molar-refractivity contribution in [3.8, 4) is 0 Å². The van der Waals surface area contributed by atoms with Crippen LogP contribution in [0.25, 0.3) is 5.65 Å². The van der Waals surface area contributed by atoms with E-state index in [0.29, 0.717) is 19.6 Å². The summed E-state index contributed by atoms with van der Waals surface area (Å²) in [6.45, 7) is 1.00. The zero-order valence-corrected chi connectivity index (χ0v) is 8.26. The highest BCUT2D eigenvalue weighted by Crippen LogP contribution is 2.30. The Labute approximate surface area is 87.1 Å². The van der Waals surface area contributed by atoms with Crippen LogP contribution in [0, 0.1) is 0 Å². The molecular formula is C11H12N2O2. The van der Waals surface area contributed by atoms with E-state index in [1.807, 2.05) is 28.9 Å². The third-order valence-corrected chi connectivity index (χ3v) is 2.94. The smallest absolute Gasteiger partial charge is 0.137 e.